The molecule has 11 nitrogen and oxygen atoms in total. The Bertz CT molecular complexity index is 1380. The molecule has 11 heteroatoms. The predicted molar refractivity (Wildman–Crippen MR) is 194 cm³/mol. The molecule has 0 saturated carbocycles. The van der Waals surface area contributed by atoms with Crippen molar-refractivity contribution in [2.75, 3.05) is 72.2 Å². The molecule has 2 heterocycles. The standard InChI is InChI=1S/C39H59N3O8/c1-38(2,3)50-37(44)42-25-35(49-27-29-12-15-34-33(22-29)41(17-19-48-34)16-9-18-45-7)32(23-31(42)24-39(4,5)36(43)40-6)30-13-10-28(11-14-30)26-47-21-20-46-8/h10-15,22,31-32,35H,9,16-21,23-27H2,1-8H3,(H,40,43)/t31-,32-,35+/m1/s1. The van der Waals surface area contributed by atoms with E-state index in [0.29, 0.717) is 59.0 Å². The predicted octanol–water partition coefficient (Wildman–Crippen LogP) is 5.93. The van der Waals surface area contributed by atoms with Gasteiger partial charge in [-0.1, -0.05) is 44.2 Å². The lowest BCUT2D eigenvalue weighted by atomic mass is 9.76. The van der Waals surface area contributed by atoms with Gasteiger partial charge >= 0.3 is 6.09 Å². The molecule has 0 radical (unpaired) electrons. The van der Waals surface area contributed by atoms with Crippen LogP contribution in [0.4, 0.5) is 10.5 Å². The number of carbonyl (C=O) groups is 2. The molecule has 1 fully saturated rings. The fraction of sp³-hybridized carbons (Fsp3) is 0.641. The number of piperidine rings is 1. The highest BCUT2D eigenvalue weighted by Gasteiger charge is 2.44. The number of ether oxygens (including phenoxy) is 6. The van der Waals surface area contributed by atoms with Crippen molar-refractivity contribution in [3.05, 3.63) is 59.2 Å². The van der Waals surface area contributed by atoms with Crippen LogP contribution in [0.5, 0.6) is 5.75 Å². The number of nitrogens with one attached hydrogen (secondary N) is 1. The van der Waals surface area contributed by atoms with Crippen molar-refractivity contribution < 1.29 is 38.0 Å². The molecule has 2 aliphatic heterocycles. The van der Waals surface area contributed by atoms with Gasteiger partial charge in [-0.05, 0) is 68.9 Å². The fourth-order valence-corrected chi connectivity index (χ4v) is 6.76. The van der Waals surface area contributed by atoms with Crippen molar-refractivity contribution in [3.8, 4) is 5.75 Å². The van der Waals surface area contributed by atoms with Crippen LogP contribution in [0.2, 0.25) is 0 Å². The summed E-state index contributed by atoms with van der Waals surface area (Å²) in [7, 11) is 5.03. The average molecular weight is 698 g/mol. The number of methoxy groups -OCH3 is 2. The summed E-state index contributed by atoms with van der Waals surface area (Å²) in [4.78, 5) is 30.9. The summed E-state index contributed by atoms with van der Waals surface area (Å²) in [5, 5.41) is 2.80. The molecule has 0 aromatic heterocycles. The first-order valence-corrected chi connectivity index (χ1v) is 17.8. The zero-order valence-corrected chi connectivity index (χ0v) is 31.4. The van der Waals surface area contributed by atoms with E-state index in [1.807, 2.05) is 46.8 Å². The van der Waals surface area contributed by atoms with Crippen LogP contribution in [0.15, 0.2) is 42.5 Å². The Morgan fingerprint density at radius 1 is 0.940 bits per heavy atom. The number of anilines is 1. The minimum atomic E-state index is -0.707. The molecular weight excluding hydrogens is 638 g/mol. The van der Waals surface area contributed by atoms with Crippen LogP contribution in [-0.2, 0) is 41.7 Å². The Hall–Kier alpha value is -3.38. The van der Waals surface area contributed by atoms with Gasteiger partial charge in [-0.15, -0.1) is 0 Å². The maximum absolute atomic E-state index is 13.8. The highest BCUT2D eigenvalue weighted by Crippen LogP contribution is 2.40. The van der Waals surface area contributed by atoms with E-state index in [0.717, 1.165) is 47.6 Å². The summed E-state index contributed by atoms with van der Waals surface area (Å²) < 4.78 is 34.8. The van der Waals surface area contributed by atoms with Crippen molar-refractivity contribution in [2.45, 2.75) is 90.8 Å². The Balaban J connectivity index is 1.62. The van der Waals surface area contributed by atoms with E-state index in [1.54, 1.807) is 26.2 Å². The summed E-state index contributed by atoms with van der Waals surface area (Å²) in [6, 6.07) is 14.4. The lowest BCUT2D eigenvalue weighted by Gasteiger charge is -2.46. The maximum atomic E-state index is 13.8. The van der Waals surface area contributed by atoms with Crippen molar-refractivity contribution in [2.24, 2.45) is 5.41 Å². The monoisotopic (exact) mass is 697 g/mol. The zero-order chi connectivity index (χ0) is 36.3. The van der Waals surface area contributed by atoms with Gasteiger partial charge in [0, 0.05) is 51.8 Å². The van der Waals surface area contributed by atoms with Crippen LogP contribution in [0.3, 0.4) is 0 Å². The number of benzene rings is 2. The van der Waals surface area contributed by atoms with Gasteiger partial charge in [0.05, 0.1) is 51.3 Å². The quantitative estimate of drug-likeness (QED) is 0.214. The third-order valence-corrected chi connectivity index (χ3v) is 9.34. The molecule has 0 spiro atoms. The largest absolute Gasteiger partial charge is 0.490 e. The molecule has 50 heavy (non-hydrogen) atoms. The second-order valence-corrected chi connectivity index (χ2v) is 14.9. The lowest BCUT2D eigenvalue weighted by Crippen LogP contribution is -2.55. The number of nitrogens with zero attached hydrogens (tertiary/aromatic N) is 2. The van der Waals surface area contributed by atoms with Crippen LogP contribution >= 0.6 is 0 Å². The topological polar surface area (TPSA) is 108 Å². The number of amides is 2. The third-order valence-electron chi connectivity index (χ3n) is 9.34. The van der Waals surface area contributed by atoms with Crippen LogP contribution in [-0.4, -0.2) is 102 Å². The summed E-state index contributed by atoms with van der Waals surface area (Å²) in [6.45, 7) is 14.8. The van der Waals surface area contributed by atoms with Crippen LogP contribution in [0.25, 0.3) is 0 Å². The summed E-state index contributed by atoms with van der Waals surface area (Å²) in [5.74, 6) is 0.771. The molecule has 278 valence electrons. The van der Waals surface area contributed by atoms with Crippen molar-refractivity contribution in [1.29, 1.82) is 0 Å². The highest BCUT2D eigenvalue weighted by molar-refractivity contribution is 5.81. The maximum Gasteiger partial charge on any atom is 0.410 e. The molecule has 0 unspecified atom stereocenters. The molecule has 2 amide bonds. The molecule has 2 aromatic carbocycles. The smallest absolute Gasteiger partial charge is 0.410 e. The molecular formula is C39H59N3O8. The molecule has 3 atom stereocenters. The average Bonchev–Trinajstić information content (AvgIpc) is 3.08. The number of carbonyl (C=O) groups excluding carboxylic acids is 2. The zero-order valence-electron chi connectivity index (χ0n) is 31.4. The van der Waals surface area contributed by atoms with Crippen molar-refractivity contribution >= 4 is 17.7 Å². The molecule has 2 aromatic rings. The van der Waals surface area contributed by atoms with Crippen molar-refractivity contribution in [1.82, 2.24) is 10.2 Å². The minimum absolute atomic E-state index is 0.0332. The van der Waals surface area contributed by atoms with Gasteiger partial charge < -0.3 is 43.5 Å². The normalized spacial score (nSPS) is 19.5. The molecule has 1 N–H and O–H groups in total. The molecule has 0 bridgehead atoms. The molecule has 4 rings (SSSR count). The summed E-state index contributed by atoms with van der Waals surface area (Å²) in [6.07, 6.45) is 1.29. The van der Waals surface area contributed by atoms with Gasteiger partial charge in [0.2, 0.25) is 5.91 Å². The van der Waals surface area contributed by atoms with Gasteiger partial charge in [-0.3, -0.25) is 4.79 Å². The van der Waals surface area contributed by atoms with Gasteiger partial charge in [0.25, 0.3) is 0 Å². The van der Waals surface area contributed by atoms with E-state index in [-0.39, 0.29) is 24.0 Å². The first-order valence-electron chi connectivity index (χ1n) is 17.8. The van der Waals surface area contributed by atoms with Gasteiger partial charge in [-0.25, -0.2) is 4.79 Å². The Morgan fingerprint density at radius 3 is 2.34 bits per heavy atom. The van der Waals surface area contributed by atoms with Gasteiger partial charge in [-0.2, -0.15) is 0 Å². The van der Waals surface area contributed by atoms with Gasteiger partial charge in [0.1, 0.15) is 18.0 Å². The number of fused-ring (bicyclic) bond motifs is 1. The summed E-state index contributed by atoms with van der Waals surface area (Å²) >= 11 is 0. The SMILES string of the molecule is CNC(=O)C(C)(C)C[C@H]1C[C@H](c2ccc(COCCOC)cc2)[C@@H](OCc2ccc3c(c2)N(CCCOC)CCO3)CN1C(=O)OC(C)(C)C. The van der Waals surface area contributed by atoms with Gasteiger partial charge in [0.15, 0.2) is 0 Å². The van der Waals surface area contributed by atoms with E-state index >= 15 is 0 Å². The lowest BCUT2D eigenvalue weighted by molar-refractivity contribution is -0.130. The molecule has 0 aliphatic carbocycles. The van der Waals surface area contributed by atoms with E-state index in [4.69, 9.17) is 28.4 Å². The Kier molecular flexibility index (Phi) is 14.4. The second kappa shape index (κ2) is 18.2. The van der Waals surface area contributed by atoms with Crippen LogP contribution in [0.1, 0.15) is 76.5 Å². The number of hydrogen-bond donors (Lipinski definition) is 1. The molecule has 1 saturated heterocycles. The fourth-order valence-electron chi connectivity index (χ4n) is 6.76. The van der Waals surface area contributed by atoms with E-state index < -0.39 is 17.1 Å². The highest BCUT2D eigenvalue weighted by atomic mass is 16.6. The third kappa shape index (κ3) is 11.1. The first-order chi connectivity index (χ1) is 23.8. The number of rotatable bonds is 16. The first kappa shape index (κ1) is 39.4. The molecule has 2 aliphatic rings. The Labute approximate surface area is 298 Å². The number of likely N-dealkylation sites (tertiary alicyclic amines) is 1. The minimum Gasteiger partial charge on any atom is -0.490 e. The van der Waals surface area contributed by atoms with Crippen molar-refractivity contribution in [3.63, 3.8) is 0 Å². The Morgan fingerprint density at radius 2 is 1.66 bits per heavy atom. The van der Waals surface area contributed by atoms with E-state index in [2.05, 4.69) is 40.5 Å². The second-order valence-electron chi connectivity index (χ2n) is 14.9. The van der Waals surface area contributed by atoms with Crippen LogP contribution in [0, 0.1) is 5.41 Å². The van der Waals surface area contributed by atoms with Crippen LogP contribution < -0.4 is 15.0 Å². The van der Waals surface area contributed by atoms with E-state index in [9.17, 15) is 9.59 Å². The van der Waals surface area contributed by atoms with E-state index in [1.165, 1.54) is 0 Å². The number of hydrogen-bond acceptors (Lipinski definition) is 9. The summed E-state index contributed by atoms with van der Waals surface area (Å²) in [5.41, 5.74) is 2.89.